The Morgan fingerprint density at radius 2 is 1.03 bits per heavy atom. The quantitative estimate of drug-likeness (QED) is 0.133. The molecule has 70 heavy (non-hydrogen) atoms. The minimum atomic E-state index is -4.59. The van der Waals surface area contributed by atoms with E-state index in [9.17, 15) is 44.7 Å². The number of carbonyl (C=O) groups excluding carboxylic acids is 2. The summed E-state index contributed by atoms with van der Waals surface area (Å²) in [5.41, 5.74) is -0.276. The van der Waals surface area contributed by atoms with Crippen molar-refractivity contribution in [2.75, 3.05) is 50.0 Å². The topological polar surface area (TPSA) is 102 Å². The predicted molar refractivity (Wildman–Crippen MR) is 244 cm³/mol. The Kier molecular flexibility index (Phi) is 15.1. The van der Waals surface area contributed by atoms with Crippen LogP contribution in [0.2, 0.25) is 10.0 Å². The van der Waals surface area contributed by atoms with E-state index in [0.29, 0.717) is 57.6 Å². The molecule has 0 saturated carbocycles. The SMILES string of the molecule is O=C(Nc1ccc(F)cc1F)N1CC(OC(c2ccc(Cl)cc2)c2ccccc2C(F)(F)F)C1.O=C(Nc1ccc2c(c1)OCCO2)N1CC(OC(c2ccc(Cl)cc2)c2ccccc2C(F)(F)F)C1. The maximum atomic E-state index is 13.8. The summed E-state index contributed by atoms with van der Waals surface area (Å²) in [5, 5.41) is 6.02. The zero-order valence-electron chi connectivity index (χ0n) is 36.4. The molecule has 366 valence electrons. The number of carbonyl (C=O) groups is 2. The lowest BCUT2D eigenvalue weighted by Gasteiger charge is -2.41. The van der Waals surface area contributed by atoms with Gasteiger partial charge in [-0.25, -0.2) is 18.4 Å². The third kappa shape index (κ3) is 12.0. The molecular formula is C50H40Cl2F8N4O6. The molecule has 0 spiro atoms. The standard InChI is InChI=1S/C26H22ClF3N2O4.C24H18ClF5N2O2/c27-17-7-5-16(6-8-17)24(20-3-1-2-4-21(20)26(28,29)30)36-19-14-32(15-19)25(33)31-18-9-10-22-23(13-18)35-12-11-34-22;25-15-7-5-14(6-8-15)22(18-3-1-2-4-19(18)24(28,29)30)34-17-12-32(13-17)23(33)31-21-10-9-16(26)11-20(21)27/h1-10,13,19,24H,11-12,14-15H2,(H,31,33);1-11,17,22H,12-13H2,(H,31,33). The van der Waals surface area contributed by atoms with Gasteiger partial charge in [-0.3, -0.25) is 0 Å². The average molecular weight is 1020 g/mol. The maximum Gasteiger partial charge on any atom is 0.416 e. The minimum Gasteiger partial charge on any atom is -0.486 e. The molecule has 6 aromatic rings. The van der Waals surface area contributed by atoms with E-state index >= 15 is 0 Å². The molecule has 6 aromatic carbocycles. The lowest BCUT2D eigenvalue weighted by atomic mass is 9.95. The molecule has 2 unspecified atom stereocenters. The summed E-state index contributed by atoms with van der Waals surface area (Å²) >= 11 is 11.9. The number of nitrogens with zero attached hydrogens (tertiary/aromatic N) is 2. The van der Waals surface area contributed by atoms with Gasteiger partial charge in [-0.05, 0) is 82.9 Å². The van der Waals surface area contributed by atoms with E-state index < -0.39 is 65.6 Å². The number of benzene rings is 6. The summed E-state index contributed by atoms with van der Waals surface area (Å²) in [4.78, 5) is 27.9. The van der Waals surface area contributed by atoms with Gasteiger partial charge in [-0.15, -0.1) is 0 Å². The van der Waals surface area contributed by atoms with Crippen molar-refractivity contribution in [2.45, 2.75) is 36.8 Å². The number of amides is 4. The third-order valence-electron chi connectivity index (χ3n) is 11.3. The Balaban J connectivity index is 0.000000189. The van der Waals surface area contributed by atoms with Gasteiger partial charge < -0.3 is 39.4 Å². The zero-order chi connectivity index (χ0) is 49.7. The summed E-state index contributed by atoms with van der Waals surface area (Å²) in [6.45, 7) is 1.52. The first-order chi connectivity index (χ1) is 33.4. The smallest absolute Gasteiger partial charge is 0.416 e. The first kappa shape index (κ1) is 49.8. The van der Waals surface area contributed by atoms with E-state index in [0.717, 1.165) is 24.3 Å². The van der Waals surface area contributed by atoms with Crippen LogP contribution in [0.5, 0.6) is 11.5 Å². The first-order valence-corrected chi connectivity index (χ1v) is 22.3. The summed E-state index contributed by atoms with van der Waals surface area (Å²) in [5.74, 6) is -0.532. The highest BCUT2D eigenvalue weighted by molar-refractivity contribution is 6.30. The molecular weight excluding hydrogens is 975 g/mol. The number of alkyl halides is 6. The number of halogens is 10. The molecule has 0 radical (unpaired) electrons. The minimum absolute atomic E-state index is 0.00602. The lowest BCUT2D eigenvalue weighted by Crippen LogP contribution is -2.56. The Bertz CT molecular complexity index is 2810. The summed E-state index contributed by atoms with van der Waals surface area (Å²) < 4.78 is 132. The van der Waals surface area contributed by atoms with E-state index in [1.54, 1.807) is 72.8 Å². The summed E-state index contributed by atoms with van der Waals surface area (Å²) in [6, 6.07) is 30.2. The molecule has 0 bridgehead atoms. The number of urea groups is 2. The monoisotopic (exact) mass is 1010 g/mol. The molecule has 3 aliphatic heterocycles. The predicted octanol–water partition coefficient (Wildman–Crippen LogP) is 12.8. The highest BCUT2D eigenvalue weighted by Gasteiger charge is 2.41. The number of hydrogen-bond donors (Lipinski definition) is 2. The second kappa shape index (κ2) is 21.2. The second-order valence-electron chi connectivity index (χ2n) is 16.2. The molecule has 0 aliphatic carbocycles. The van der Waals surface area contributed by atoms with Gasteiger partial charge in [0.15, 0.2) is 11.5 Å². The Morgan fingerprint density at radius 1 is 0.571 bits per heavy atom. The van der Waals surface area contributed by atoms with Crippen molar-refractivity contribution in [3.63, 3.8) is 0 Å². The Hall–Kier alpha value is -6.60. The Morgan fingerprint density at radius 3 is 1.50 bits per heavy atom. The number of ether oxygens (including phenoxy) is 4. The average Bonchev–Trinajstić information content (AvgIpc) is 3.29. The zero-order valence-corrected chi connectivity index (χ0v) is 37.9. The molecule has 2 atom stereocenters. The number of nitrogens with one attached hydrogen (secondary N) is 2. The van der Waals surface area contributed by atoms with E-state index in [1.807, 2.05) is 0 Å². The molecule has 9 rings (SSSR count). The van der Waals surface area contributed by atoms with Crippen molar-refractivity contribution in [3.05, 3.63) is 189 Å². The van der Waals surface area contributed by atoms with Crippen LogP contribution >= 0.6 is 23.2 Å². The molecule has 10 nitrogen and oxygen atoms in total. The van der Waals surface area contributed by atoms with Crippen LogP contribution in [0.25, 0.3) is 0 Å². The molecule has 3 aliphatic rings. The molecule has 20 heteroatoms. The van der Waals surface area contributed by atoms with Crippen LogP contribution in [0.4, 0.5) is 56.1 Å². The summed E-state index contributed by atoms with van der Waals surface area (Å²) in [7, 11) is 0. The van der Waals surface area contributed by atoms with Crippen LogP contribution in [0.3, 0.4) is 0 Å². The fraction of sp³-hybridized carbons (Fsp3) is 0.240. The highest BCUT2D eigenvalue weighted by atomic mass is 35.5. The number of fused-ring (bicyclic) bond motifs is 1. The van der Waals surface area contributed by atoms with Crippen LogP contribution < -0.4 is 20.1 Å². The number of hydrogen-bond acceptors (Lipinski definition) is 6. The normalized spacial score (nSPS) is 15.7. The van der Waals surface area contributed by atoms with Crippen LogP contribution in [-0.4, -0.2) is 73.5 Å². The number of likely N-dealkylation sites (tertiary alicyclic amines) is 2. The molecule has 2 fully saturated rings. The van der Waals surface area contributed by atoms with E-state index in [1.165, 1.54) is 40.1 Å². The largest absolute Gasteiger partial charge is 0.486 e. The fourth-order valence-corrected chi connectivity index (χ4v) is 8.03. The number of rotatable bonds is 10. The highest BCUT2D eigenvalue weighted by Crippen LogP contribution is 2.42. The molecule has 2 N–H and O–H groups in total. The van der Waals surface area contributed by atoms with Crippen molar-refractivity contribution >= 4 is 46.6 Å². The van der Waals surface area contributed by atoms with Crippen LogP contribution in [0, 0.1) is 11.6 Å². The van der Waals surface area contributed by atoms with Crippen molar-refractivity contribution < 1.29 is 63.7 Å². The molecule has 4 amide bonds. The van der Waals surface area contributed by atoms with Gasteiger partial charge in [0.25, 0.3) is 0 Å². The molecule has 3 heterocycles. The maximum absolute atomic E-state index is 13.8. The lowest BCUT2D eigenvalue weighted by molar-refractivity contribution is -0.141. The molecule has 0 aromatic heterocycles. The van der Waals surface area contributed by atoms with Gasteiger partial charge in [0.2, 0.25) is 0 Å². The molecule has 2 saturated heterocycles. The third-order valence-corrected chi connectivity index (χ3v) is 11.8. The van der Waals surface area contributed by atoms with E-state index in [4.69, 9.17) is 42.1 Å². The first-order valence-electron chi connectivity index (χ1n) is 21.5. The van der Waals surface area contributed by atoms with Crippen molar-refractivity contribution in [1.29, 1.82) is 0 Å². The van der Waals surface area contributed by atoms with Crippen LogP contribution in [0.1, 0.15) is 45.6 Å². The van der Waals surface area contributed by atoms with Crippen LogP contribution in [0.15, 0.2) is 133 Å². The van der Waals surface area contributed by atoms with Crippen molar-refractivity contribution in [1.82, 2.24) is 9.80 Å². The van der Waals surface area contributed by atoms with Crippen molar-refractivity contribution in [3.8, 4) is 11.5 Å². The fourth-order valence-electron chi connectivity index (χ4n) is 7.78. The van der Waals surface area contributed by atoms with Gasteiger partial charge in [-0.1, -0.05) is 83.9 Å². The van der Waals surface area contributed by atoms with E-state index in [-0.39, 0.29) is 49.0 Å². The Labute approximate surface area is 405 Å². The van der Waals surface area contributed by atoms with Crippen LogP contribution in [-0.2, 0) is 21.8 Å². The van der Waals surface area contributed by atoms with Gasteiger partial charge in [0.1, 0.15) is 37.1 Å². The summed E-state index contributed by atoms with van der Waals surface area (Å²) in [6.07, 6.45) is -12.2. The van der Waals surface area contributed by atoms with Crippen molar-refractivity contribution in [2.24, 2.45) is 0 Å². The van der Waals surface area contributed by atoms with Gasteiger partial charge >= 0.3 is 24.4 Å². The number of anilines is 2. The van der Waals surface area contributed by atoms with Gasteiger partial charge in [-0.2, -0.15) is 26.3 Å². The van der Waals surface area contributed by atoms with Gasteiger partial charge in [0.05, 0.1) is 55.2 Å². The van der Waals surface area contributed by atoms with E-state index in [2.05, 4.69) is 10.6 Å². The van der Waals surface area contributed by atoms with Gasteiger partial charge in [0, 0.05) is 27.9 Å². The second-order valence-corrected chi connectivity index (χ2v) is 17.1.